The Hall–Kier alpha value is -3.22. The van der Waals surface area contributed by atoms with E-state index >= 15 is 0 Å². The summed E-state index contributed by atoms with van der Waals surface area (Å²) in [6, 6.07) is 14.5. The van der Waals surface area contributed by atoms with Crippen molar-refractivity contribution < 1.29 is 19.1 Å². The first-order valence-electron chi connectivity index (χ1n) is 10.4. The summed E-state index contributed by atoms with van der Waals surface area (Å²) in [5, 5.41) is 5.91. The van der Waals surface area contributed by atoms with Gasteiger partial charge in [-0.1, -0.05) is 25.0 Å². The van der Waals surface area contributed by atoms with E-state index in [-0.39, 0.29) is 24.1 Å². The average molecular weight is 409 g/mol. The third kappa shape index (κ3) is 4.84. The van der Waals surface area contributed by atoms with Gasteiger partial charge >= 0.3 is 6.03 Å². The number of ether oxygens (including phenoxy) is 2. The molecule has 0 spiro atoms. The summed E-state index contributed by atoms with van der Waals surface area (Å²) < 4.78 is 11.6. The highest BCUT2D eigenvalue weighted by molar-refractivity contribution is 5.95. The van der Waals surface area contributed by atoms with Gasteiger partial charge in [-0.25, -0.2) is 4.79 Å². The highest BCUT2D eigenvalue weighted by Crippen LogP contribution is 2.31. The van der Waals surface area contributed by atoms with Crippen LogP contribution in [0.3, 0.4) is 0 Å². The maximum atomic E-state index is 12.5. The molecule has 2 aliphatic rings. The zero-order valence-corrected chi connectivity index (χ0v) is 17.1. The Bertz CT molecular complexity index is 894. The van der Waals surface area contributed by atoms with Crippen LogP contribution in [0.4, 0.5) is 10.5 Å². The van der Waals surface area contributed by atoms with Crippen molar-refractivity contribution in [3.8, 4) is 11.5 Å². The van der Waals surface area contributed by atoms with E-state index in [1.165, 1.54) is 12.8 Å². The lowest BCUT2D eigenvalue weighted by Gasteiger charge is -2.29. The van der Waals surface area contributed by atoms with Crippen molar-refractivity contribution >= 4 is 17.6 Å². The Labute approximate surface area is 176 Å². The van der Waals surface area contributed by atoms with Crippen LogP contribution >= 0.6 is 0 Å². The lowest BCUT2D eigenvalue weighted by Crippen LogP contribution is -2.43. The SMILES string of the molecule is CN(CC1COc2ccccc2O1)C(=O)Nc1ccc(C(=O)NC2CCCC2)cc1. The minimum Gasteiger partial charge on any atom is -0.486 e. The summed E-state index contributed by atoms with van der Waals surface area (Å²) in [6.45, 7) is 0.779. The van der Waals surface area contributed by atoms with Crippen LogP contribution in [0.5, 0.6) is 11.5 Å². The van der Waals surface area contributed by atoms with E-state index in [4.69, 9.17) is 9.47 Å². The number of amides is 3. The summed E-state index contributed by atoms with van der Waals surface area (Å²) in [5.74, 6) is 1.35. The molecular formula is C23H27N3O4. The molecule has 30 heavy (non-hydrogen) atoms. The maximum absolute atomic E-state index is 12.5. The minimum absolute atomic E-state index is 0.0633. The fourth-order valence-corrected chi connectivity index (χ4v) is 3.80. The van der Waals surface area contributed by atoms with E-state index in [9.17, 15) is 9.59 Å². The molecule has 0 saturated heterocycles. The van der Waals surface area contributed by atoms with Gasteiger partial charge in [-0.3, -0.25) is 4.79 Å². The molecule has 0 aromatic heterocycles. The number of carbonyl (C=O) groups excluding carboxylic acids is 2. The fourth-order valence-electron chi connectivity index (χ4n) is 3.80. The Morgan fingerprint density at radius 3 is 2.47 bits per heavy atom. The van der Waals surface area contributed by atoms with Gasteiger partial charge in [0.25, 0.3) is 5.91 Å². The molecule has 1 aliphatic heterocycles. The van der Waals surface area contributed by atoms with Crippen LogP contribution in [-0.2, 0) is 0 Å². The molecule has 158 valence electrons. The van der Waals surface area contributed by atoms with Crippen molar-refractivity contribution in [2.75, 3.05) is 25.5 Å². The van der Waals surface area contributed by atoms with Crippen molar-refractivity contribution in [3.05, 3.63) is 54.1 Å². The van der Waals surface area contributed by atoms with E-state index in [0.29, 0.717) is 30.2 Å². The summed E-state index contributed by atoms with van der Waals surface area (Å²) in [7, 11) is 1.71. The number of urea groups is 1. The molecular weight excluding hydrogens is 382 g/mol. The topological polar surface area (TPSA) is 79.9 Å². The number of anilines is 1. The number of carbonyl (C=O) groups is 2. The highest BCUT2D eigenvalue weighted by atomic mass is 16.6. The molecule has 2 aromatic rings. The summed E-state index contributed by atoms with van der Waals surface area (Å²) in [4.78, 5) is 26.4. The number of para-hydroxylation sites is 2. The van der Waals surface area contributed by atoms with Crippen molar-refractivity contribution in [2.24, 2.45) is 0 Å². The van der Waals surface area contributed by atoms with Crippen LogP contribution in [0, 0.1) is 0 Å². The molecule has 1 atom stereocenters. The number of nitrogens with one attached hydrogen (secondary N) is 2. The normalized spacial score (nSPS) is 18.0. The van der Waals surface area contributed by atoms with Gasteiger partial charge in [0.05, 0.1) is 6.54 Å². The predicted molar refractivity (Wildman–Crippen MR) is 114 cm³/mol. The van der Waals surface area contributed by atoms with Crippen LogP contribution in [-0.4, -0.2) is 49.2 Å². The largest absolute Gasteiger partial charge is 0.486 e. The lowest BCUT2D eigenvalue weighted by molar-refractivity contribution is 0.0731. The van der Waals surface area contributed by atoms with Gasteiger partial charge in [0.2, 0.25) is 0 Å². The molecule has 2 aromatic carbocycles. The lowest BCUT2D eigenvalue weighted by atomic mass is 10.1. The van der Waals surface area contributed by atoms with Crippen molar-refractivity contribution in [2.45, 2.75) is 37.8 Å². The van der Waals surface area contributed by atoms with Gasteiger partial charge in [-0.05, 0) is 49.2 Å². The molecule has 3 amide bonds. The number of benzene rings is 2. The fraction of sp³-hybridized carbons (Fsp3) is 0.391. The van der Waals surface area contributed by atoms with Crippen LogP contribution in [0.15, 0.2) is 48.5 Å². The van der Waals surface area contributed by atoms with Gasteiger partial charge < -0.3 is 25.0 Å². The van der Waals surface area contributed by atoms with Crippen molar-refractivity contribution in [1.82, 2.24) is 10.2 Å². The first-order valence-corrected chi connectivity index (χ1v) is 10.4. The average Bonchev–Trinajstić information content (AvgIpc) is 3.27. The van der Waals surface area contributed by atoms with E-state index < -0.39 is 0 Å². The van der Waals surface area contributed by atoms with Crippen molar-refractivity contribution in [1.29, 1.82) is 0 Å². The molecule has 0 bridgehead atoms. The first kappa shape index (κ1) is 20.1. The molecule has 1 heterocycles. The minimum atomic E-state index is -0.249. The molecule has 7 nitrogen and oxygen atoms in total. The predicted octanol–water partition coefficient (Wildman–Crippen LogP) is 3.66. The molecule has 1 saturated carbocycles. The quantitative estimate of drug-likeness (QED) is 0.790. The number of nitrogens with zero attached hydrogens (tertiary/aromatic N) is 1. The monoisotopic (exact) mass is 409 g/mol. The van der Waals surface area contributed by atoms with Crippen LogP contribution < -0.4 is 20.1 Å². The molecule has 7 heteroatoms. The second kappa shape index (κ2) is 9.07. The highest BCUT2D eigenvalue weighted by Gasteiger charge is 2.24. The zero-order valence-electron chi connectivity index (χ0n) is 17.1. The maximum Gasteiger partial charge on any atom is 0.321 e. The van der Waals surface area contributed by atoms with Crippen LogP contribution in [0.1, 0.15) is 36.0 Å². The van der Waals surface area contributed by atoms with E-state index in [2.05, 4.69) is 10.6 Å². The molecule has 2 N–H and O–H groups in total. The number of fused-ring (bicyclic) bond motifs is 1. The molecule has 4 rings (SSSR count). The van der Waals surface area contributed by atoms with Gasteiger partial charge in [0.1, 0.15) is 6.61 Å². The van der Waals surface area contributed by atoms with Crippen LogP contribution in [0.2, 0.25) is 0 Å². The molecule has 1 unspecified atom stereocenters. The smallest absolute Gasteiger partial charge is 0.321 e. The number of likely N-dealkylation sites (N-methyl/N-ethyl adjacent to an activating group) is 1. The Morgan fingerprint density at radius 1 is 1.03 bits per heavy atom. The standard InChI is InChI=1S/C23H27N3O4/c1-26(14-19-15-29-20-8-4-5-9-21(20)30-19)23(28)25-18-12-10-16(11-13-18)22(27)24-17-6-2-3-7-17/h4-5,8-13,17,19H,2-3,6-7,14-15H2,1H3,(H,24,27)(H,25,28). The van der Waals surface area contributed by atoms with Crippen molar-refractivity contribution in [3.63, 3.8) is 0 Å². The first-order chi connectivity index (χ1) is 14.6. The molecule has 1 aliphatic carbocycles. The van der Waals surface area contributed by atoms with Gasteiger partial charge in [0.15, 0.2) is 17.6 Å². The number of hydrogen-bond donors (Lipinski definition) is 2. The summed E-state index contributed by atoms with van der Waals surface area (Å²) in [6.07, 6.45) is 4.21. The zero-order chi connectivity index (χ0) is 20.9. The van der Waals surface area contributed by atoms with E-state index in [1.807, 2.05) is 24.3 Å². The third-order valence-corrected chi connectivity index (χ3v) is 5.48. The van der Waals surface area contributed by atoms with E-state index in [0.717, 1.165) is 18.6 Å². The third-order valence-electron chi connectivity index (χ3n) is 5.48. The Morgan fingerprint density at radius 2 is 1.73 bits per heavy atom. The Kier molecular flexibility index (Phi) is 6.07. The molecule has 0 radical (unpaired) electrons. The second-order valence-corrected chi connectivity index (χ2v) is 7.84. The van der Waals surface area contributed by atoms with Gasteiger partial charge in [0, 0.05) is 24.3 Å². The van der Waals surface area contributed by atoms with Gasteiger partial charge in [-0.2, -0.15) is 0 Å². The van der Waals surface area contributed by atoms with Crippen LogP contribution in [0.25, 0.3) is 0 Å². The summed E-state index contributed by atoms with van der Waals surface area (Å²) >= 11 is 0. The van der Waals surface area contributed by atoms with E-state index in [1.54, 1.807) is 36.2 Å². The Balaban J connectivity index is 1.27. The second-order valence-electron chi connectivity index (χ2n) is 7.84. The summed E-state index contributed by atoms with van der Waals surface area (Å²) in [5.41, 5.74) is 1.23. The number of hydrogen-bond acceptors (Lipinski definition) is 4. The molecule has 1 fully saturated rings. The number of rotatable bonds is 5. The van der Waals surface area contributed by atoms with Gasteiger partial charge in [-0.15, -0.1) is 0 Å².